The van der Waals surface area contributed by atoms with Crippen LogP contribution in [0, 0.1) is 0 Å². The first-order chi connectivity index (χ1) is 21.5. The van der Waals surface area contributed by atoms with E-state index in [4.69, 9.17) is 11.6 Å². The zero-order chi connectivity index (χ0) is 32.1. The summed E-state index contributed by atoms with van der Waals surface area (Å²) in [6, 6.07) is 4.65. The summed E-state index contributed by atoms with van der Waals surface area (Å²) < 4.78 is 68.7. The molecule has 0 radical (unpaired) electrons. The van der Waals surface area contributed by atoms with Gasteiger partial charge in [-0.25, -0.2) is 18.7 Å². The van der Waals surface area contributed by atoms with Crippen LogP contribution in [0.4, 0.5) is 33.5 Å². The molecule has 2 amide bonds. The lowest BCUT2D eigenvalue weighted by atomic mass is 10.2. The molecule has 240 valence electrons. The molecule has 4 heterocycles. The SMILES string of the molecule is O=C(CNCCNC(=O)c1ccc(Nc2nccn3c(-c4cn(CC(F)F)nc4C(F)(F)F)cnc23)cc1Cl)NC1CCNC1. The van der Waals surface area contributed by atoms with Crippen LogP contribution in [0.3, 0.4) is 0 Å². The lowest BCUT2D eigenvalue weighted by Gasteiger charge is -2.12. The van der Waals surface area contributed by atoms with Gasteiger partial charge < -0.3 is 26.6 Å². The van der Waals surface area contributed by atoms with Crippen LogP contribution >= 0.6 is 11.6 Å². The minimum Gasteiger partial charge on any atom is -0.351 e. The van der Waals surface area contributed by atoms with Crippen LogP contribution in [-0.4, -0.2) is 81.2 Å². The summed E-state index contributed by atoms with van der Waals surface area (Å²) in [7, 11) is 0. The molecule has 0 aliphatic carbocycles. The molecule has 0 saturated carbocycles. The van der Waals surface area contributed by atoms with E-state index in [1.165, 1.54) is 28.9 Å². The number of carbonyl (C=O) groups excluding carboxylic acids is 2. The Hall–Kier alpha value is -4.35. The number of fused-ring (bicyclic) bond motifs is 1. The van der Waals surface area contributed by atoms with Crippen LogP contribution in [0.2, 0.25) is 5.02 Å². The lowest BCUT2D eigenvalue weighted by molar-refractivity contribution is -0.141. The maximum Gasteiger partial charge on any atom is 0.435 e. The third-order valence-corrected chi connectivity index (χ3v) is 7.15. The normalized spacial score (nSPS) is 15.1. The van der Waals surface area contributed by atoms with Gasteiger partial charge in [-0.2, -0.15) is 18.3 Å². The average molecular weight is 655 g/mol. The Morgan fingerprint density at radius 2 is 2.00 bits per heavy atom. The van der Waals surface area contributed by atoms with Crippen LogP contribution in [0.15, 0.2) is 43.0 Å². The fourth-order valence-corrected chi connectivity index (χ4v) is 5.06. The maximum absolute atomic E-state index is 13.7. The van der Waals surface area contributed by atoms with E-state index in [9.17, 15) is 31.5 Å². The number of amides is 2. The average Bonchev–Trinajstić information content (AvgIpc) is 3.73. The van der Waals surface area contributed by atoms with Gasteiger partial charge in [0.15, 0.2) is 17.2 Å². The fraction of sp³-hybridized carbons (Fsp3) is 0.370. The highest BCUT2D eigenvalue weighted by atomic mass is 35.5. The van der Waals surface area contributed by atoms with Crippen LogP contribution in [0.1, 0.15) is 22.5 Å². The summed E-state index contributed by atoms with van der Waals surface area (Å²) in [6.07, 6.45) is -2.14. The summed E-state index contributed by atoms with van der Waals surface area (Å²) in [5.74, 6) is -0.393. The van der Waals surface area contributed by atoms with Gasteiger partial charge in [-0.1, -0.05) is 11.6 Å². The van der Waals surface area contributed by atoms with Gasteiger partial charge in [-0.15, -0.1) is 0 Å². The molecule has 1 unspecified atom stereocenters. The van der Waals surface area contributed by atoms with Gasteiger partial charge >= 0.3 is 6.18 Å². The molecule has 1 aromatic carbocycles. The summed E-state index contributed by atoms with van der Waals surface area (Å²) in [4.78, 5) is 33.0. The van der Waals surface area contributed by atoms with Gasteiger partial charge in [0.05, 0.1) is 34.6 Å². The van der Waals surface area contributed by atoms with E-state index >= 15 is 0 Å². The zero-order valence-electron chi connectivity index (χ0n) is 23.5. The predicted molar refractivity (Wildman–Crippen MR) is 155 cm³/mol. The number of alkyl halides is 5. The molecule has 12 nitrogen and oxygen atoms in total. The summed E-state index contributed by atoms with van der Waals surface area (Å²) in [6.45, 7) is 1.35. The number of nitrogens with zero attached hydrogens (tertiary/aromatic N) is 5. The van der Waals surface area contributed by atoms with Crippen LogP contribution < -0.4 is 26.6 Å². The van der Waals surface area contributed by atoms with Gasteiger partial charge in [-0.3, -0.25) is 18.7 Å². The van der Waals surface area contributed by atoms with Crippen molar-refractivity contribution in [3.05, 3.63) is 59.3 Å². The second-order valence-electron chi connectivity index (χ2n) is 10.1. The van der Waals surface area contributed by atoms with Crippen LogP contribution in [-0.2, 0) is 17.5 Å². The van der Waals surface area contributed by atoms with Gasteiger partial charge in [0.25, 0.3) is 12.3 Å². The van der Waals surface area contributed by atoms with E-state index in [-0.39, 0.29) is 52.8 Å². The highest BCUT2D eigenvalue weighted by molar-refractivity contribution is 6.34. The van der Waals surface area contributed by atoms with E-state index < -0.39 is 36.3 Å². The minimum atomic E-state index is -4.90. The number of rotatable bonds is 12. The van der Waals surface area contributed by atoms with Crippen molar-refractivity contribution in [2.75, 3.05) is 38.0 Å². The molecule has 1 atom stereocenters. The van der Waals surface area contributed by atoms with E-state index in [1.54, 1.807) is 6.07 Å². The van der Waals surface area contributed by atoms with Crippen molar-refractivity contribution in [2.45, 2.75) is 31.6 Å². The molecule has 4 aromatic rings. The number of hydrogen-bond donors (Lipinski definition) is 5. The Bertz CT molecular complexity index is 1670. The molecule has 1 saturated heterocycles. The highest BCUT2D eigenvalue weighted by Crippen LogP contribution is 2.37. The Labute approximate surface area is 257 Å². The van der Waals surface area contributed by atoms with Gasteiger partial charge in [0.1, 0.15) is 6.54 Å². The molecular weight excluding hydrogens is 627 g/mol. The predicted octanol–water partition coefficient (Wildman–Crippen LogP) is 3.07. The summed E-state index contributed by atoms with van der Waals surface area (Å²) in [5, 5.41) is 18.2. The number of carbonyl (C=O) groups is 2. The number of hydrogen-bond acceptors (Lipinski definition) is 8. The Morgan fingerprint density at radius 3 is 2.71 bits per heavy atom. The number of anilines is 2. The Balaban J connectivity index is 1.22. The minimum absolute atomic E-state index is 0.0328. The second kappa shape index (κ2) is 13.7. The van der Waals surface area contributed by atoms with Gasteiger partial charge in [0.2, 0.25) is 5.91 Å². The molecule has 5 N–H and O–H groups in total. The van der Waals surface area contributed by atoms with E-state index in [0.717, 1.165) is 31.9 Å². The zero-order valence-corrected chi connectivity index (χ0v) is 24.2. The smallest absolute Gasteiger partial charge is 0.351 e. The first-order valence-corrected chi connectivity index (χ1v) is 14.2. The summed E-state index contributed by atoms with van der Waals surface area (Å²) >= 11 is 6.37. The molecule has 45 heavy (non-hydrogen) atoms. The van der Waals surface area contributed by atoms with Gasteiger partial charge in [0, 0.05) is 50.0 Å². The number of aromatic nitrogens is 5. The Morgan fingerprint density at radius 1 is 1.18 bits per heavy atom. The second-order valence-corrected chi connectivity index (χ2v) is 10.5. The molecular formula is C27H28ClF5N10O2. The van der Waals surface area contributed by atoms with Gasteiger partial charge in [-0.05, 0) is 31.2 Å². The number of nitrogens with one attached hydrogen (secondary N) is 5. The van der Waals surface area contributed by atoms with Crippen molar-refractivity contribution in [3.8, 4) is 11.3 Å². The highest BCUT2D eigenvalue weighted by Gasteiger charge is 2.38. The number of imidazole rings is 1. The molecule has 5 rings (SSSR count). The standard InChI is InChI=1S/C27H28ClF5N10O2/c28-19-9-15(1-2-17(19)26(45)37-6-5-35-12-22(44)39-16-3-4-34-10-16)40-24-25-38-11-20(43(25)8-7-36-24)18-13-42(14-21(29)30)41-23(18)27(31,32)33/h1-2,7-9,11,13,16,21,34-35H,3-6,10,12,14H2,(H,36,40)(H,37,45)(H,39,44). The molecule has 3 aromatic heterocycles. The molecule has 1 fully saturated rings. The first kappa shape index (κ1) is 32.1. The lowest BCUT2D eigenvalue weighted by Crippen LogP contribution is -2.42. The fourth-order valence-electron chi connectivity index (χ4n) is 4.79. The number of benzene rings is 1. The van der Waals surface area contributed by atoms with Crippen molar-refractivity contribution in [1.82, 2.24) is 45.4 Å². The molecule has 1 aliphatic rings. The van der Waals surface area contributed by atoms with Crippen molar-refractivity contribution >= 4 is 40.6 Å². The van der Waals surface area contributed by atoms with E-state index in [0.29, 0.717) is 16.9 Å². The monoisotopic (exact) mass is 654 g/mol. The van der Waals surface area contributed by atoms with Crippen molar-refractivity contribution in [1.29, 1.82) is 0 Å². The van der Waals surface area contributed by atoms with Crippen LogP contribution in [0.5, 0.6) is 0 Å². The molecule has 18 heteroatoms. The quantitative estimate of drug-likeness (QED) is 0.116. The largest absolute Gasteiger partial charge is 0.435 e. The third kappa shape index (κ3) is 7.84. The van der Waals surface area contributed by atoms with Crippen molar-refractivity contribution < 1.29 is 31.5 Å². The molecule has 1 aliphatic heterocycles. The molecule has 0 bridgehead atoms. The van der Waals surface area contributed by atoms with Crippen molar-refractivity contribution in [3.63, 3.8) is 0 Å². The molecule has 0 spiro atoms. The maximum atomic E-state index is 13.7. The third-order valence-electron chi connectivity index (χ3n) is 6.83. The van der Waals surface area contributed by atoms with Crippen molar-refractivity contribution in [2.24, 2.45) is 0 Å². The first-order valence-electron chi connectivity index (χ1n) is 13.8. The topological polar surface area (TPSA) is 142 Å². The number of halogens is 6. The van der Waals surface area contributed by atoms with E-state index in [1.807, 2.05) is 0 Å². The Kier molecular flexibility index (Phi) is 9.79. The summed E-state index contributed by atoms with van der Waals surface area (Å²) in [5.41, 5.74) is -1.03. The van der Waals surface area contributed by atoms with E-state index in [2.05, 4.69) is 41.7 Å². The van der Waals surface area contributed by atoms with Crippen LogP contribution in [0.25, 0.3) is 16.9 Å².